The molecule has 1 aliphatic heterocycles. The summed E-state index contributed by atoms with van der Waals surface area (Å²) in [6.07, 6.45) is 6.45. The van der Waals surface area contributed by atoms with Gasteiger partial charge in [0.05, 0.1) is 6.54 Å². The highest BCUT2D eigenvalue weighted by Gasteiger charge is 2.17. The molecule has 1 atom stereocenters. The van der Waals surface area contributed by atoms with Crippen LogP contribution in [0.15, 0.2) is 4.99 Å². The molecule has 1 rings (SSSR count). The number of nitrogens with zero attached hydrogens (tertiary/aromatic N) is 2. The van der Waals surface area contributed by atoms with Crippen LogP contribution in [0.3, 0.4) is 0 Å². The van der Waals surface area contributed by atoms with Crippen molar-refractivity contribution < 1.29 is 4.79 Å². The van der Waals surface area contributed by atoms with Crippen molar-refractivity contribution in [3.05, 3.63) is 0 Å². The molecule has 1 amide bonds. The van der Waals surface area contributed by atoms with E-state index >= 15 is 0 Å². The third-order valence-corrected chi connectivity index (χ3v) is 4.20. The fraction of sp³-hybridized carbons (Fsp3) is 0.889. The van der Waals surface area contributed by atoms with Crippen LogP contribution in [0.25, 0.3) is 0 Å². The topological polar surface area (TPSA) is 56.7 Å². The molecule has 0 aromatic rings. The van der Waals surface area contributed by atoms with E-state index < -0.39 is 0 Å². The number of nitrogens with one attached hydrogen (secondary N) is 2. The maximum Gasteiger partial charge on any atom is 0.224 e. The highest BCUT2D eigenvalue weighted by atomic mass is 16.2. The maximum absolute atomic E-state index is 12.0. The lowest BCUT2D eigenvalue weighted by Gasteiger charge is -2.18. The highest BCUT2D eigenvalue weighted by molar-refractivity contribution is 5.81. The van der Waals surface area contributed by atoms with Gasteiger partial charge in [-0.15, -0.1) is 0 Å². The quantitative estimate of drug-likeness (QED) is 0.506. The average Bonchev–Trinajstić information content (AvgIpc) is 3.01. The van der Waals surface area contributed by atoms with Crippen LogP contribution in [0, 0.1) is 5.92 Å². The first-order valence-electron chi connectivity index (χ1n) is 9.35. The van der Waals surface area contributed by atoms with E-state index in [2.05, 4.69) is 43.3 Å². The summed E-state index contributed by atoms with van der Waals surface area (Å²) in [6.45, 7) is 12.0. The molecule has 23 heavy (non-hydrogen) atoms. The lowest BCUT2D eigenvalue weighted by Crippen LogP contribution is -2.42. The van der Waals surface area contributed by atoms with Crippen molar-refractivity contribution >= 4 is 11.9 Å². The molecular formula is C18H36N4O. The predicted molar refractivity (Wildman–Crippen MR) is 97.7 cm³/mol. The summed E-state index contributed by atoms with van der Waals surface area (Å²) in [4.78, 5) is 18.5. The smallest absolute Gasteiger partial charge is 0.224 e. The van der Waals surface area contributed by atoms with Crippen LogP contribution in [0.2, 0.25) is 0 Å². The van der Waals surface area contributed by atoms with Crippen molar-refractivity contribution in [3.63, 3.8) is 0 Å². The Balaban J connectivity index is 2.32. The van der Waals surface area contributed by atoms with E-state index in [1.54, 1.807) is 0 Å². The molecule has 0 aliphatic carbocycles. The molecule has 0 aromatic heterocycles. The molecular weight excluding hydrogens is 288 g/mol. The molecule has 1 saturated heterocycles. The van der Waals surface area contributed by atoms with Crippen LogP contribution in [0.4, 0.5) is 0 Å². The van der Waals surface area contributed by atoms with Crippen LogP contribution >= 0.6 is 0 Å². The maximum atomic E-state index is 12.0. The van der Waals surface area contributed by atoms with Crippen LogP contribution in [0.5, 0.6) is 0 Å². The Kier molecular flexibility index (Phi) is 9.72. The number of rotatable bonds is 9. The Morgan fingerprint density at radius 3 is 2.48 bits per heavy atom. The largest absolute Gasteiger partial charge is 0.357 e. The van der Waals surface area contributed by atoms with E-state index in [4.69, 9.17) is 0 Å². The van der Waals surface area contributed by atoms with Gasteiger partial charge in [-0.1, -0.05) is 26.7 Å². The number of guanidine groups is 1. The minimum absolute atomic E-state index is 0.243. The van der Waals surface area contributed by atoms with E-state index in [1.807, 2.05) is 4.90 Å². The lowest BCUT2D eigenvalue weighted by molar-refractivity contribution is -0.129. The molecule has 134 valence electrons. The monoisotopic (exact) mass is 324 g/mol. The number of carbonyl (C=O) groups excluding carboxylic acids is 1. The Bertz CT molecular complexity index is 362. The summed E-state index contributed by atoms with van der Waals surface area (Å²) in [5, 5.41) is 6.72. The number of aliphatic imine (C=N–C) groups is 1. The third-order valence-electron chi connectivity index (χ3n) is 4.20. The van der Waals surface area contributed by atoms with Gasteiger partial charge in [0.25, 0.3) is 0 Å². The summed E-state index contributed by atoms with van der Waals surface area (Å²) in [5.74, 6) is 1.84. The average molecular weight is 325 g/mol. The minimum atomic E-state index is 0.243. The van der Waals surface area contributed by atoms with Crippen molar-refractivity contribution in [1.82, 2.24) is 15.5 Å². The molecule has 2 N–H and O–H groups in total. The lowest BCUT2D eigenvalue weighted by atomic mass is 10.0. The van der Waals surface area contributed by atoms with Crippen molar-refractivity contribution in [2.45, 2.75) is 72.3 Å². The Morgan fingerprint density at radius 1 is 1.17 bits per heavy atom. The van der Waals surface area contributed by atoms with Gasteiger partial charge in [-0.2, -0.15) is 0 Å². The number of carbonyl (C=O) groups is 1. The van der Waals surface area contributed by atoms with Gasteiger partial charge in [-0.25, -0.2) is 0 Å². The first kappa shape index (κ1) is 19.8. The van der Waals surface area contributed by atoms with E-state index in [9.17, 15) is 4.79 Å². The fourth-order valence-corrected chi connectivity index (χ4v) is 2.85. The van der Waals surface area contributed by atoms with E-state index in [0.29, 0.717) is 19.0 Å². The van der Waals surface area contributed by atoms with Gasteiger partial charge in [0, 0.05) is 32.1 Å². The van der Waals surface area contributed by atoms with Crippen LogP contribution < -0.4 is 10.6 Å². The van der Waals surface area contributed by atoms with Gasteiger partial charge >= 0.3 is 0 Å². The molecule has 1 unspecified atom stereocenters. The van der Waals surface area contributed by atoms with Gasteiger partial charge in [-0.3, -0.25) is 9.79 Å². The van der Waals surface area contributed by atoms with Gasteiger partial charge in [0.15, 0.2) is 5.96 Å². The van der Waals surface area contributed by atoms with Crippen molar-refractivity contribution in [2.24, 2.45) is 10.9 Å². The summed E-state index contributed by atoms with van der Waals surface area (Å²) < 4.78 is 0. The van der Waals surface area contributed by atoms with E-state index in [0.717, 1.165) is 50.8 Å². The number of likely N-dealkylation sites (tertiary alicyclic amines) is 1. The van der Waals surface area contributed by atoms with Crippen molar-refractivity contribution in [2.75, 3.05) is 26.2 Å². The number of amides is 1. The molecule has 1 heterocycles. The molecule has 0 aromatic carbocycles. The molecule has 1 aliphatic rings. The second-order valence-electron chi connectivity index (χ2n) is 6.97. The van der Waals surface area contributed by atoms with Crippen LogP contribution in [-0.4, -0.2) is 49.0 Å². The van der Waals surface area contributed by atoms with Crippen molar-refractivity contribution in [3.8, 4) is 0 Å². The Labute approximate surface area is 142 Å². The number of hydrogen-bond donors (Lipinski definition) is 2. The molecule has 5 nitrogen and oxygen atoms in total. The second-order valence-corrected chi connectivity index (χ2v) is 6.97. The zero-order valence-electron chi connectivity index (χ0n) is 15.5. The molecule has 0 radical (unpaired) electrons. The highest BCUT2D eigenvalue weighted by Crippen LogP contribution is 2.09. The first-order chi connectivity index (χ1) is 11.0. The normalized spacial score (nSPS) is 16.7. The zero-order valence-corrected chi connectivity index (χ0v) is 15.5. The summed E-state index contributed by atoms with van der Waals surface area (Å²) >= 11 is 0. The zero-order chi connectivity index (χ0) is 17.1. The SMILES string of the molecule is CCNC(=NCCC(=O)N1CCCC1)NC(C)CCCC(C)C. The Hall–Kier alpha value is -1.26. The second kappa shape index (κ2) is 11.3. The minimum Gasteiger partial charge on any atom is -0.357 e. The van der Waals surface area contributed by atoms with Crippen molar-refractivity contribution in [1.29, 1.82) is 0 Å². The van der Waals surface area contributed by atoms with Gasteiger partial charge < -0.3 is 15.5 Å². The standard InChI is InChI=1S/C18H36N4O/c1-5-19-18(21-16(4)10-8-9-15(2)3)20-12-11-17(23)22-13-6-7-14-22/h15-16H,5-14H2,1-4H3,(H2,19,20,21). The van der Waals surface area contributed by atoms with Crippen LogP contribution in [0.1, 0.15) is 66.2 Å². The van der Waals surface area contributed by atoms with Crippen LogP contribution in [-0.2, 0) is 4.79 Å². The first-order valence-corrected chi connectivity index (χ1v) is 9.35. The predicted octanol–water partition coefficient (Wildman–Crippen LogP) is 2.77. The third kappa shape index (κ3) is 8.82. The molecule has 0 saturated carbocycles. The fourth-order valence-electron chi connectivity index (χ4n) is 2.85. The molecule has 1 fully saturated rings. The van der Waals surface area contributed by atoms with E-state index in [-0.39, 0.29) is 5.91 Å². The Morgan fingerprint density at radius 2 is 1.87 bits per heavy atom. The summed E-state index contributed by atoms with van der Waals surface area (Å²) in [7, 11) is 0. The molecule has 0 spiro atoms. The summed E-state index contributed by atoms with van der Waals surface area (Å²) in [6, 6.07) is 0.404. The van der Waals surface area contributed by atoms with E-state index in [1.165, 1.54) is 12.8 Å². The van der Waals surface area contributed by atoms with Gasteiger partial charge in [-0.05, 0) is 39.0 Å². The summed E-state index contributed by atoms with van der Waals surface area (Å²) in [5.41, 5.74) is 0. The van der Waals surface area contributed by atoms with Gasteiger partial charge in [0.2, 0.25) is 5.91 Å². The molecule has 0 bridgehead atoms. The molecule has 5 heteroatoms. The van der Waals surface area contributed by atoms with Gasteiger partial charge in [0.1, 0.15) is 0 Å². The number of hydrogen-bond acceptors (Lipinski definition) is 2.